The standard InChI is InChI=1S/C15H19ClN6/c1-20(2)14-5-6-17-15(19-14)22-9-7-21(8-10-22)13-4-3-12(16)11-18-13/h3-6,11H,7-10H2,1-2H3. The fraction of sp³-hybridized carbons (Fsp3) is 0.400. The Hall–Kier alpha value is -2.08. The van der Waals surface area contributed by atoms with E-state index in [2.05, 4.69) is 24.8 Å². The van der Waals surface area contributed by atoms with Gasteiger partial charge >= 0.3 is 0 Å². The first kappa shape index (κ1) is 14.8. The molecule has 2 aromatic rings. The van der Waals surface area contributed by atoms with Gasteiger partial charge in [-0.05, 0) is 18.2 Å². The second-order valence-electron chi connectivity index (χ2n) is 5.42. The molecule has 0 radical (unpaired) electrons. The molecule has 0 aliphatic carbocycles. The van der Waals surface area contributed by atoms with Gasteiger partial charge in [0.2, 0.25) is 5.95 Å². The summed E-state index contributed by atoms with van der Waals surface area (Å²) in [5.41, 5.74) is 0. The molecule has 0 unspecified atom stereocenters. The highest BCUT2D eigenvalue weighted by atomic mass is 35.5. The van der Waals surface area contributed by atoms with Gasteiger partial charge in [0, 0.05) is 52.7 Å². The monoisotopic (exact) mass is 318 g/mol. The van der Waals surface area contributed by atoms with Crippen LogP contribution in [0.5, 0.6) is 0 Å². The van der Waals surface area contributed by atoms with E-state index in [0.29, 0.717) is 5.02 Å². The molecule has 0 saturated carbocycles. The van der Waals surface area contributed by atoms with Crippen LogP contribution in [0.3, 0.4) is 0 Å². The number of halogens is 1. The molecule has 6 nitrogen and oxygen atoms in total. The van der Waals surface area contributed by atoms with Gasteiger partial charge in [-0.25, -0.2) is 9.97 Å². The van der Waals surface area contributed by atoms with E-state index in [1.807, 2.05) is 43.4 Å². The molecular formula is C15H19ClN6. The van der Waals surface area contributed by atoms with Crippen LogP contribution in [-0.2, 0) is 0 Å². The van der Waals surface area contributed by atoms with Crippen LogP contribution >= 0.6 is 11.6 Å². The van der Waals surface area contributed by atoms with Crippen molar-refractivity contribution in [2.24, 2.45) is 0 Å². The van der Waals surface area contributed by atoms with Crippen LogP contribution < -0.4 is 14.7 Å². The van der Waals surface area contributed by atoms with Crippen LogP contribution in [-0.4, -0.2) is 55.2 Å². The van der Waals surface area contributed by atoms with Gasteiger partial charge in [-0.1, -0.05) is 11.6 Å². The summed E-state index contributed by atoms with van der Waals surface area (Å²) in [6, 6.07) is 5.75. The van der Waals surface area contributed by atoms with Gasteiger partial charge in [-0.2, -0.15) is 4.98 Å². The van der Waals surface area contributed by atoms with Crippen molar-refractivity contribution in [3.63, 3.8) is 0 Å². The highest BCUT2D eigenvalue weighted by Crippen LogP contribution is 2.19. The quantitative estimate of drug-likeness (QED) is 0.861. The lowest BCUT2D eigenvalue weighted by molar-refractivity contribution is 0.634. The number of anilines is 3. The van der Waals surface area contributed by atoms with Crippen molar-refractivity contribution in [3.05, 3.63) is 35.6 Å². The number of aromatic nitrogens is 3. The highest BCUT2D eigenvalue weighted by molar-refractivity contribution is 6.30. The molecule has 0 N–H and O–H groups in total. The average molecular weight is 319 g/mol. The second-order valence-corrected chi connectivity index (χ2v) is 5.85. The Bertz CT molecular complexity index is 622. The second kappa shape index (κ2) is 6.36. The molecule has 0 aromatic carbocycles. The number of hydrogen-bond donors (Lipinski definition) is 0. The molecule has 1 aliphatic heterocycles. The normalized spacial score (nSPS) is 15.0. The predicted octanol–water partition coefficient (Wildman–Crippen LogP) is 1.92. The van der Waals surface area contributed by atoms with E-state index in [1.54, 1.807) is 6.20 Å². The molecular weight excluding hydrogens is 300 g/mol. The average Bonchev–Trinajstić information content (AvgIpc) is 2.56. The summed E-state index contributed by atoms with van der Waals surface area (Å²) in [6.07, 6.45) is 3.50. The fourth-order valence-corrected chi connectivity index (χ4v) is 2.54. The molecule has 1 aliphatic rings. The van der Waals surface area contributed by atoms with Crippen molar-refractivity contribution in [3.8, 4) is 0 Å². The number of pyridine rings is 1. The number of rotatable bonds is 3. The SMILES string of the molecule is CN(C)c1ccnc(N2CCN(c3ccc(Cl)cn3)CC2)n1. The van der Waals surface area contributed by atoms with Gasteiger partial charge in [-0.3, -0.25) is 0 Å². The van der Waals surface area contributed by atoms with Crippen LogP contribution in [0.2, 0.25) is 5.02 Å². The Balaban J connectivity index is 1.66. The molecule has 22 heavy (non-hydrogen) atoms. The van der Waals surface area contributed by atoms with Gasteiger partial charge in [0.25, 0.3) is 0 Å². The summed E-state index contributed by atoms with van der Waals surface area (Å²) in [4.78, 5) is 19.8. The highest BCUT2D eigenvalue weighted by Gasteiger charge is 2.20. The van der Waals surface area contributed by atoms with E-state index >= 15 is 0 Å². The van der Waals surface area contributed by atoms with Crippen LogP contribution in [0.15, 0.2) is 30.6 Å². The maximum Gasteiger partial charge on any atom is 0.227 e. The summed E-state index contributed by atoms with van der Waals surface area (Å²) >= 11 is 5.88. The fourth-order valence-electron chi connectivity index (χ4n) is 2.43. The van der Waals surface area contributed by atoms with Crippen LogP contribution in [0, 0.1) is 0 Å². The summed E-state index contributed by atoms with van der Waals surface area (Å²) in [6.45, 7) is 3.54. The van der Waals surface area contributed by atoms with Gasteiger partial charge in [-0.15, -0.1) is 0 Å². The van der Waals surface area contributed by atoms with Gasteiger partial charge in [0.15, 0.2) is 0 Å². The maximum absolute atomic E-state index is 5.88. The predicted molar refractivity (Wildman–Crippen MR) is 90.0 cm³/mol. The molecule has 0 atom stereocenters. The summed E-state index contributed by atoms with van der Waals surface area (Å²) in [5, 5.41) is 0.663. The summed E-state index contributed by atoms with van der Waals surface area (Å²) in [5.74, 6) is 2.67. The third-order valence-corrected chi connectivity index (χ3v) is 3.91. The maximum atomic E-state index is 5.88. The van der Waals surface area contributed by atoms with E-state index in [9.17, 15) is 0 Å². The van der Waals surface area contributed by atoms with E-state index in [0.717, 1.165) is 43.8 Å². The van der Waals surface area contributed by atoms with Gasteiger partial charge in [0.1, 0.15) is 11.6 Å². The minimum atomic E-state index is 0.663. The minimum absolute atomic E-state index is 0.663. The lowest BCUT2D eigenvalue weighted by Gasteiger charge is -2.35. The van der Waals surface area contributed by atoms with Crippen molar-refractivity contribution >= 4 is 29.2 Å². The molecule has 7 heteroatoms. The minimum Gasteiger partial charge on any atom is -0.363 e. The van der Waals surface area contributed by atoms with Gasteiger partial charge < -0.3 is 14.7 Å². The van der Waals surface area contributed by atoms with E-state index < -0.39 is 0 Å². The van der Waals surface area contributed by atoms with Crippen LogP contribution in [0.4, 0.5) is 17.6 Å². The molecule has 1 fully saturated rings. The Labute approximate surface area is 135 Å². The van der Waals surface area contributed by atoms with Gasteiger partial charge in [0.05, 0.1) is 5.02 Å². The molecule has 1 saturated heterocycles. The van der Waals surface area contributed by atoms with Crippen molar-refractivity contribution < 1.29 is 0 Å². The molecule has 2 aromatic heterocycles. The van der Waals surface area contributed by atoms with Crippen molar-refractivity contribution in [1.29, 1.82) is 0 Å². The largest absolute Gasteiger partial charge is 0.363 e. The lowest BCUT2D eigenvalue weighted by Crippen LogP contribution is -2.47. The smallest absolute Gasteiger partial charge is 0.227 e. The summed E-state index contributed by atoms with van der Waals surface area (Å²) < 4.78 is 0. The zero-order valence-corrected chi connectivity index (χ0v) is 13.5. The Morgan fingerprint density at radius 1 is 1.00 bits per heavy atom. The van der Waals surface area contributed by atoms with Crippen molar-refractivity contribution in [2.45, 2.75) is 0 Å². The molecule has 3 heterocycles. The van der Waals surface area contributed by atoms with E-state index in [-0.39, 0.29) is 0 Å². The number of piperazine rings is 1. The Morgan fingerprint density at radius 3 is 2.36 bits per heavy atom. The third-order valence-electron chi connectivity index (χ3n) is 3.68. The Morgan fingerprint density at radius 2 is 1.73 bits per heavy atom. The van der Waals surface area contributed by atoms with E-state index in [1.165, 1.54) is 0 Å². The first-order valence-electron chi connectivity index (χ1n) is 7.25. The first-order chi connectivity index (χ1) is 10.6. The number of hydrogen-bond acceptors (Lipinski definition) is 6. The van der Waals surface area contributed by atoms with E-state index in [4.69, 9.17) is 11.6 Å². The topological polar surface area (TPSA) is 48.4 Å². The van der Waals surface area contributed by atoms with Crippen LogP contribution in [0.1, 0.15) is 0 Å². The summed E-state index contributed by atoms with van der Waals surface area (Å²) in [7, 11) is 3.96. The Kier molecular flexibility index (Phi) is 4.29. The number of nitrogens with zero attached hydrogens (tertiary/aromatic N) is 6. The molecule has 0 bridgehead atoms. The molecule has 0 amide bonds. The third kappa shape index (κ3) is 3.22. The molecule has 0 spiro atoms. The lowest BCUT2D eigenvalue weighted by atomic mass is 10.3. The van der Waals surface area contributed by atoms with Crippen molar-refractivity contribution in [1.82, 2.24) is 15.0 Å². The van der Waals surface area contributed by atoms with Crippen molar-refractivity contribution in [2.75, 3.05) is 55.0 Å². The molecule has 116 valence electrons. The zero-order valence-electron chi connectivity index (χ0n) is 12.8. The zero-order chi connectivity index (χ0) is 15.5. The van der Waals surface area contributed by atoms with Crippen LogP contribution in [0.25, 0.3) is 0 Å². The molecule has 3 rings (SSSR count). The first-order valence-corrected chi connectivity index (χ1v) is 7.63.